The second-order valence-corrected chi connectivity index (χ2v) is 6.19. The lowest BCUT2D eigenvalue weighted by molar-refractivity contribution is -0.384. The molecule has 0 fully saturated rings. The number of halogens is 1. The van der Waals surface area contributed by atoms with E-state index in [2.05, 4.69) is 5.43 Å². The van der Waals surface area contributed by atoms with Gasteiger partial charge in [-0.1, -0.05) is 0 Å². The van der Waals surface area contributed by atoms with Crippen LogP contribution in [0.25, 0.3) is 11.3 Å². The number of aliphatic carboxylic acids is 1. The van der Waals surface area contributed by atoms with Gasteiger partial charge in [-0.05, 0) is 48.5 Å². The third kappa shape index (κ3) is 4.64. The number of benzene rings is 2. The first-order chi connectivity index (χ1) is 13.8. The quantitative estimate of drug-likeness (QED) is 0.467. The number of amides is 1. The van der Waals surface area contributed by atoms with Crippen LogP contribution >= 0.6 is 0 Å². The predicted octanol–water partition coefficient (Wildman–Crippen LogP) is 3.60. The van der Waals surface area contributed by atoms with E-state index in [1.807, 2.05) is 0 Å². The number of hydrogen-bond acceptors (Lipinski definition) is 4. The molecule has 1 amide bonds. The molecule has 0 saturated heterocycles. The highest BCUT2D eigenvalue weighted by molar-refractivity contribution is 6.00. The van der Waals surface area contributed by atoms with Gasteiger partial charge in [-0.2, -0.15) is 0 Å². The topological polar surface area (TPSA) is 114 Å². The van der Waals surface area contributed by atoms with Gasteiger partial charge in [0.25, 0.3) is 11.6 Å². The van der Waals surface area contributed by atoms with Gasteiger partial charge >= 0.3 is 5.97 Å². The monoisotopic (exact) mass is 397 g/mol. The third-order valence-corrected chi connectivity index (χ3v) is 4.25. The van der Waals surface area contributed by atoms with Crippen LogP contribution in [-0.4, -0.2) is 26.6 Å². The minimum Gasteiger partial charge on any atom is -0.481 e. The van der Waals surface area contributed by atoms with Crippen LogP contribution in [0, 0.1) is 15.9 Å². The maximum atomic E-state index is 13.2. The Labute approximate surface area is 164 Å². The van der Waals surface area contributed by atoms with Gasteiger partial charge in [0.2, 0.25) is 0 Å². The molecule has 29 heavy (non-hydrogen) atoms. The van der Waals surface area contributed by atoms with E-state index in [0.29, 0.717) is 17.0 Å². The van der Waals surface area contributed by atoms with Crippen molar-refractivity contribution in [3.8, 4) is 11.3 Å². The molecule has 0 radical (unpaired) electrons. The van der Waals surface area contributed by atoms with Gasteiger partial charge in [0.1, 0.15) is 5.82 Å². The summed E-state index contributed by atoms with van der Waals surface area (Å²) in [5.41, 5.74) is 4.44. The summed E-state index contributed by atoms with van der Waals surface area (Å²) >= 11 is 0. The molecule has 0 aliphatic rings. The van der Waals surface area contributed by atoms with Crippen LogP contribution in [0.4, 0.5) is 10.1 Å². The molecule has 0 unspecified atom stereocenters. The highest BCUT2D eigenvalue weighted by Gasteiger charge is 2.16. The van der Waals surface area contributed by atoms with E-state index >= 15 is 0 Å². The normalized spacial score (nSPS) is 10.5. The molecule has 0 spiro atoms. The summed E-state index contributed by atoms with van der Waals surface area (Å²) in [6.45, 7) is 0. The molecule has 2 N–H and O–H groups in total. The van der Waals surface area contributed by atoms with Crippen molar-refractivity contribution < 1.29 is 24.0 Å². The van der Waals surface area contributed by atoms with Crippen molar-refractivity contribution in [1.29, 1.82) is 0 Å². The molecular formula is C20H16FN3O5. The number of hydrogen-bond donors (Lipinski definition) is 2. The summed E-state index contributed by atoms with van der Waals surface area (Å²) in [4.78, 5) is 33.8. The summed E-state index contributed by atoms with van der Waals surface area (Å²) in [7, 11) is 0. The minimum absolute atomic E-state index is 0.139. The van der Waals surface area contributed by atoms with Crippen LogP contribution in [0.1, 0.15) is 22.5 Å². The van der Waals surface area contributed by atoms with E-state index in [1.54, 1.807) is 24.3 Å². The number of nitrogens with one attached hydrogen (secondary N) is 1. The van der Waals surface area contributed by atoms with Gasteiger partial charge in [0, 0.05) is 35.4 Å². The number of carboxylic acid groups (broad SMARTS) is 1. The molecule has 1 aromatic heterocycles. The maximum absolute atomic E-state index is 13.2. The number of nitro benzene ring substituents is 1. The molecule has 9 heteroatoms. The third-order valence-electron chi connectivity index (χ3n) is 4.25. The first-order valence-corrected chi connectivity index (χ1v) is 8.59. The zero-order valence-electron chi connectivity index (χ0n) is 15.0. The Morgan fingerprint density at radius 2 is 1.69 bits per heavy atom. The molecule has 0 aliphatic heterocycles. The summed E-state index contributed by atoms with van der Waals surface area (Å²) in [6.07, 6.45) is 0.0251. The number of non-ortho nitro benzene ring substituents is 1. The average Bonchev–Trinajstić information content (AvgIpc) is 3.09. The van der Waals surface area contributed by atoms with Crippen LogP contribution in [0.5, 0.6) is 0 Å². The lowest BCUT2D eigenvalue weighted by Gasteiger charge is -2.15. The number of carbonyl (C=O) groups excluding carboxylic acids is 1. The molecule has 148 valence electrons. The Kier molecular flexibility index (Phi) is 5.68. The fourth-order valence-corrected chi connectivity index (χ4v) is 2.79. The number of carboxylic acids is 1. The van der Waals surface area contributed by atoms with Gasteiger partial charge in [0.05, 0.1) is 17.0 Å². The number of aryl methyl sites for hydroxylation is 1. The zero-order chi connectivity index (χ0) is 21.0. The molecule has 3 aromatic rings. The maximum Gasteiger partial charge on any atom is 0.303 e. The Bertz CT molecular complexity index is 1060. The molecule has 2 aromatic carbocycles. The zero-order valence-corrected chi connectivity index (χ0v) is 15.0. The van der Waals surface area contributed by atoms with Crippen molar-refractivity contribution in [1.82, 2.24) is 4.68 Å². The summed E-state index contributed by atoms with van der Waals surface area (Å²) in [6, 6.07) is 14.1. The summed E-state index contributed by atoms with van der Waals surface area (Å²) < 4.78 is 14.7. The number of aromatic nitrogens is 1. The number of carbonyl (C=O) groups is 2. The van der Waals surface area contributed by atoms with Crippen molar-refractivity contribution in [2.45, 2.75) is 12.8 Å². The minimum atomic E-state index is -0.984. The Balaban J connectivity index is 1.93. The van der Waals surface area contributed by atoms with Crippen molar-refractivity contribution in [2.75, 3.05) is 5.43 Å². The summed E-state index contributed by atoms with van der Waals surface area (Å²) in [5.74, 6) is -1.92. The van der Waals surface area contributed by atoms with Crippen LogP contribution in [0.2, 0.25) is 0 Å². The molecule has 0 saturated carbocycles. The van der Waals surface area contributed by atoms with Crippen LogP contribution in [0.3, 0.4) is 0 Å². The van der Waals surface area contributed by atoms with Crippen molar-refractivity contribution in [3.05, 3.63) is 87.9 Å². The Hall–Kier alpha value is -4.01. The Morgan fingerprint density at radius 3 is 2.28 bits per heavy atom. The SMILES string of the molecule is O=C(O)CCc1ccc(-c2ccc(F)cc2)n1NC(=O)c1ccc([N+](=O)[O-])cc1. The van der Waals surface area contributed by atoms with Crippen LogP contribution < -0.4 is 5.43 Å². The molecule has 0 aliphatic carbocycles. The average molecular weight is 397 g/mol. The summed E-state index contributed by atoms with van der Waals surface area (Å²) in [5, 5.41) is 19.7. The first-order valence-electron chi connectivity index (χ1n) is 8.59. The molecule has 3 rings (SSSR count). The van der Waals surface area contributed by atoms with Crippen molar-refractivity contribution in [3.63, 3.8) is 0 Å². The van der Waals surface area contributed by atoms with E-state index in [-0.39, 0.29) is 24.1 Å². The molecule has 0 atom stereocenters. The second-order valence-electron chi connectivity index (χ2n) is 6.19. The van der Waals surface area contributed by atoms with Crippen LogP contribution in [0.15, 0.2) is 60.7 Å². The van der Waals surface area contributed by atoms with E-state index in [1.165, 1.54) is 41.1 Å². The van der Waals surface area contributed by atoms with Gasteiger partial charge in [0.15, 0.2) is 0 Å². The predicted molar refractivity (Wildman–Crippen MR) is 103 cm³/mol. The highest BCUT2D eigenvalue weighted by atomic mass is 19.1. The molecule has 1 heterocycles. The second kappa shape index (κ2) is 8.34. The molecular weight excluding hydrogens is 381 g/mol. The van der Waals surface area contributed by atoms with E-state index in [9.17, 15) is 24.1 Å². The highest BCUT2D eigenvalue weighted by Crippen LogP contribution is 2.23. The first kappa shape index (κ1) is 19.7. The van der Waals surface area contributed by atoms with Gasteiger partial charge in [-0.25, -0.2) is 4.39 Å². The number of nitro groups is 1. The number of rotatable bonds is 7. The molecule has 0 bridgehead atoms. The van der Waals surface area contributed by atoms with E-state index in [4.69, 9.17) is 5.11 Å². The largest absolute Gasteiger partial charge is 0.481 e. The molecule has 8 nitrogen and oxygen atoms in total. The van der Waals surface area contributed by atoms with Gasteiger partial charge in [-0.15, -0.1) is 0 Å². The fraction of sp³-hybridized carbons (Fsp3) is 0.100. The van der Waals surface area contributed by atoms with Crippen LogP contribution in [-0.2, 0) is 11.2 Å². The van der Waals surface area contributed by atoms with E-state index in [0.717, 1.165) is 0 Å². The van der Waals surface area contributed by atoms with Crippen molar-refractivity contribution >= 4 is 17.6 Å². The lowest BCUT2D eigenvalue weighted by atomic mass is 10.1. The van der Waals surface area contributed by atoms with Crippen molar-refractivity contribution in [2.24, 2.45) is 0 Å². The standard InChI is InChI=1S/C20H16FN3O5/c21-15-5-1-13(2-6-15)18-11-9-16(10-12-19(25)26)23(18)22-20(27)14-3-7-17(8-4-14)24(28)29/h1-9,11H,10,12H2,(H,22,27)(H,25,26). The fourth-order valence-electron chi connectivity index (χ4n) is 2.79. The smallest absolute Gasteiger partial charge is 0.303 e. The van der Waals surface area contributed by atoms with Gasteiger partial charge in [-0.3, -0.25) is 29.8 Å². The van der Waals surface area contributed by atoms with E-state index < -0.39 is 22.6 Å². The number of nitrogens with zero attached hydrogens (tertiary/aromatic N) is 2. The Morgan fingerprint density at radius 1 is 1.03 bits per heavy atom. The van der Waals surface area contributed by atoms with Gasteiger partial charge < -0.3 is 5.11 Å². The lowest BCUT2D eigenvalue weighted by Crippen LogP contribution is -2.25.